The largest absolute Gasteiger partial charge is 0.416 e. The van der Waals surface area contributed by atoms with Gasteiger partial charge < -0.3 is 9.73 Å². The van der Waals surface area contributed by atoms with Crippen LogP contribution in [-0.2, 0) is 11.2 Å². The van der Waals surface area contributed by atoms with Crippen molar-refractivity contribution in [2.75, 3.05) is 5.75 Å². The quantitative estimate of drug-likeness (QED) is 0.771. The number of aromatic nitrogens is 2. The van der Waals surface area contributed by atoms with E-state index in [2.05, 4.69) is 15.5 Å². The van der Waals surface area contributed by atoms with E-state index >= 15 is 0 Å². The zero-order chi connectivity index (χ0) is 18.2. The maximum Gasteiger partial charge on any atom is 0.277 e. The first kappa shape index (κ1) is 17.3. The van der Waals surface area contributed by atoms with Gasteiger partial charge in [-0.2, -0.15) is 0 Å². The SMILES string of the molecule is O=C(CSc1nnc(Cc2ccccc2)o1)NC1C2CC3CC(C2)CC1C3. The second-order valence-corrected chi connectivity index (χ2v) is 9.36. The average Bonchev–Trinajstić information content (AvgIpc) is 3.11. The minimum atomic E-state index is 0.0975. The topological polar surface area (TPSA) is 68.0 Å². The van der Waals surface area contributed by atoms with Crippen LogP contribution < -0.4 is 5.32 Å². The third-order valence-corrected chi connectivity index (χ3v) is 7.35. The average molecular weight is 384 g/mol. The number of amides is 1. The molecule has 0 aliphatic heterocycles. The molecule has 5 nitrogen and oxygen atoms in total. The van der Waals surface area contributed by atoms with Crippen molar-refractivity contribution < 1.29 is 9.21 Å². The van der Waals surface area contributed by atoms with Gasteiger partial charge in [-0.15, -0.1) is 10.2 Å². The third kappa shape index (κ3) is 3.77. The van der Waals surface area contributed by atoms with Crippen LogP contribution in [0.15, 0.2) is 40.0 Å². The Kier molecular flexibility index (Phi) is 4.68. The Labute approximate surface area is 163 Å². The van der Waals surface area contributed by atoms with Crippen molar-refractivity contribution in [3.8, 4) is 0 Å². The number of thioether (sulfide) groups is 1. The number of nitrogens with zero attached hydrogens (tertiary/aromatic N) is 2. The van der Waals surface area contributed by atoms with E-state index in [0.717, 1.165) is 17.4 Å². The number of carbonyl (C=O) groups excluding carboxylic acids is 1. The molecule has 1 amide bonds. The van der Waals surface area contributed by atoms with E-state index in [9.17, 15) is 4.79 Å². The molecule has 1 aromatic carbocycles. The number of benzene rings is 1. The van der Waals surface area contributed by atoms with Crippen molar-refractivity contribution in [2.24, 2.45) is 23.7 Å². The van der Waals surface area contributed by atoms with Gasteiger partial charge in [-0.25, -0.2) is 0 Å². The molecule has 4 fully saturated rings. The number of nitrogens with one attached hydrogen (secondary N) is 1. The summed E-state index contributed by atoms with van der Waals surface area (Å²) in [6.07, 6.45) is 7.32. The molecule has 27 heavy (non-hydrogen) atoms. The number of hydrogen-bond acceptors (Lipinski definition) is 5. The molecular weight excluding hydrogens is 358 g/mol. The van der Waals surface area contributed by atoms with E-state index in [-0.39, 0.29) is 5.91 Å². The van der Waals surface area contributed by atoms with Crippen molar-refractivity contribution in [3.63, 3.8) is 0 Å². The Morgan fingerprint density at radius 1 is 1.04 bits per heavy atom. The predicted octanol–water partition coefficient (Wildman–Crippen LogP) is 3.69. The highest BCUT2D eigenvalue weighted by Crippen LogP contribution is 2.53. The molecule has 4 aliphatic rings. The number of carbonyl (C=O) groups is 1. The standard InChI is InChI=1S/C21H25N3O2S/c25-18(22-20-16-7-14-6-15(9-16)10-17(20)8-14)12-27-21-24-23-19(26-21)11-13-4-2-1-3-5-13/h1-5,14-17,20H,6-12H2,(H,22,25). The van der Waals surface area contributed by atoms with Crippen molar-refractivity contribution >= 4 is 17.7 Å². The number of hydrogen-bond donors (Lipinski definition) is 1. The number of rotatable bonds is 6. The smallest absolute Gasteiger partial charge is 0.277 e. The normalized spacial score (nSPS) is 31.2. The molecule has 0 spiro atoms. The Bertz CT molecular complexity index is 779. The van der Waals surface area contributed by atoms with Gasteiger partial charge in [0.25, 0.3) is 5.22 Å². The predicted molar refractivity (Wildman–Crippen MR) is 103 cm³/mol. The Hall–Kier alpha value is -1.82. The minimum absolute atomic E-state index is 0.0975. The molecule has 0 atom stereocenters. The van der Waals surface area contributed by atoms with Crippen LogP contribution in [0.25, 0.3) is 0 Å². The van der Waals surface area contributed by atoms with Gasteiger partial charge >= 0.3 is 0 Å². The fourth-order valence-corrected chi connectivity index (χ4v) is 6.25. The lowest BCUT2D eigenvalue weighted by molar-refractivity contribution is -0.122. The van der Waals surface area contributed by atoms with Crippen LogP contribution in [0.3, 0.4) is 0 Å². The van der Waals surface area contributed by atoms with Crippen LogP contribution >= 0.6 is 11.8 Å². The molecule has 4 saturated carbocycles. The molecule has 4 aliphatic carbocycles. The van der Waals surface area contributed by atoms with Gasteiger partial charge in [0.05, 0.1) is 12.2 Å². The first-order chi connectivity index (χ1) is 13.2. The Morgan fingerprint density at radius 2 is 1.74 bits per heavy atom. The summed E-state index contributed by atoms with van der Waals surface area (Å²) in [5, 5.41) is 12.0. The van der Waals surface area contributed by atoms with Gasteiger partial charge in [0.2, 0.25) is 11.8 Å². The maximum absolute atomic E-state index is 12.5. The molecule has 0 radical (unpaired) electrons. The highest BCUT2D eigenvalue weighted by atomic mass is 32.2. The fraction of sp³-hybridized carbons (Fsp3) is 0.571. The second-order valence-electron chi connectivity index (χ2n) is 8.44. The highest BCUT2D eigenvalue weighted by Gasteiger charge is 2.48. The molecule has 6 rings (SSSR count). The lowest BCUT2D eigenvalue weighted by atomic mass is 9.54. The summed E-state index contributed by atoms with van der Waals surface area (Å²) in [6, 6.07) is 10.4. The van der Waals surface area contributed by atoms with Crippen LogP contribution in [0.2, 0.25) is 0 Å². The molecule has 1 N–H and O–H groups in total. The van der Waals surface area contributed by atoms with Crippen LogP contribution in [0.1, 0.15) is 43.6 Å². The zero-order valence-corrected chi connectivity index (χ0v) is 16.2. The molecule has 0 unspecified atom stereocenters. The molecule has 142 valence electrons. The van der Waals surface area contributed by atoms with Crippen LogP contribution in [0, 0.1) is 23.7 Å². The van der Waals surface area contributed by atoms with E-state index in [1.165, 1.54) is 43.9 Å². The third-order valence-electron chi connectivity index (χ3n) is 6.53. The molecule has 2 aromatic rings. The van der Waals surface area contributed by atoms with Crippen LogP contribution in [-0.4, -0.2) is 27.9 Å². The van der Waals surface area contributed by atoms with Crippen molar-refractivity contribution in [1.29, 1.82) is 0 Å². The highest BCUT2D eigenvalue weighted by molar-refractivity contribution is 7.99. The molecule has 1 aromatic heterocycles. The Balaban J connectivity index is 1.13. The molecule has 4 bridgehead atoms. The summed E-state index contributed by atoms with van der Waals surface area (Å²) in [5.74, 6) is 4.29. The summed E-state index contributed by atoms with van der Waals surface area (Å²) in [5.41, 5.74) is 1.14. The van der Waals surface area contributed by atoms with Crippen molar-refractivity contribution in [2.45, 2.75) is 49.8 Å². The van der Waals surface area contributed by atoms with Gasteiger partial charge in [0.1, 0.15) is 0 Å². The zero-order valence-electron chi connectivity index (χ0n) is 15.3. The summed E-state index contributed by atoms with van der Waals surface area (Å²) >= 11 is 1.33. The van der Waals surface area contributed by atoms with Crippen LogP contribution in [0.4, 0.5) is 0 Å². The second kappa shape index (κ2) is 7.30. The summed E-state index contributed by atoms with van der Waals surface area (Å²) in [7, 11) is 0. The monoisotopic (exact) mass is 383 g/mol. The lowest BCUT2D eigenvalue weighted by Crippen LogP contribution is -2.56. The van der Waals surface area contributed by atoms with Gasteiger partial charge in [-0.1, -0.05) is 42.1 Å². The summed E-state index contributed by atoms with van der Waals surface area (Å²) in [4.78, 5) is 12.5. The fourth-order valence-electron chi connectivity index (χ4n) is 5.65. The van der Waals surface area contributed by atoms with Gasteiger partial charge in [-0.05, 0) is 61.3 Å². The molecule has 0 saturated heterocycles. The van der Waals surface area contributed by atoms with E-state index in [4.69, 9.17) is 4.42 Å². The van der Waals surface area contributed by atoms with Gasteiger partial charge in [-0.3, -0.25) is 4.79 Å². The molecule has 6 heteroatoms. The Morgan fingerprint density at radius 3 is 2.44 bits per heavy atom. The van der Waals surface area contributed by atoms with E-state index in [1.807, 2.05) is 30.3 Å². The summed E-state index contributed by atoms with van der Waals surface area (Å²) in [6.45, 7) is 0. The van der Waals surface area contributed by atoms with E-state index in [1.54, 1.807) is 0 Å². The first-order valence-electron chi connectivity index (χ1n) is 10.0. The summed E-state index contributed by atoms with van der Waals surface area (Å²) < 4.78 is 5.68. The first-order valence-corrected chi connectivity index (χ1v) is 11.0. The maximum atomic E-state index is 12.5. The lowest BCUT2D eigenvalue weighted by Gasteiger charge is -2.54. The van der Waals surface area contributed by atoms with Crippen molar-refractivity contribution in [1.82, 2.24) is 15.5 Å². The molecule has 1 heterocycles. The van der Waals surface area contributed by atoms with Gasteiger partial charge in [0.15, 0.2) is 0 Å². The van der Waals surface area contributed by atoms with Crippen LogP contribution in [0.5, 0.6) is 0 Å². The van der Waals surface area contributed by atoms with Gasteiger partial charge in [0, 0.05) is 6.04 Å². The van der Waals surface area contributed by atoms with Crippen molar-refractivity contribution in [3.05, 3.63) is 41.8 Å². The van der Waals surface area contributed by atoms with E-state index in [0.29, 0.717) is 41.2 Å². The minimum Gasteiger partial charge on any atom is -0.416 e. The molecular formula is C21H25N3O2S. The van der Waals surface area contributed by atoms with E-state index < -0.39 is 0 Å².